The number of aryl methyl sites for hydroxylation is 1. The molecule has 0 aliphatic carbocycles. The molecule has 27 heavy (non-hydrogen) atoms. The summed E-state index contributed by atoms with van der Waals surface area (Å²) >= 11 is 0. The zero-order valence-electron chi connectivity index (χ0n) is 15.6. The molecule has 0 unspecified atom stereocenters. The molecular weight excluding hydrogens is 334 g/mol. The first-order chi connectivity index (χ1) is 13.2. The highest BCUT2D eigenvalue weighted by atomic mass is 16.5. The molecule has 0 aliphatic heterocycles. The second-order valence-corrected chi connectivity index (χ2v) is 6.70. The van der Waals surface area contributed by atoms with Crippen LogP contribution in [0.25, 0.3) is 0 Å². The Labute approximate surface area is 161 Å². The first-order valence-corrected chi connectivity index (χ1v) is 9.32. The van der Waals surface area contributed by atoms with Crippen molar-refractivity contribution in [3.05, 3.63) is 102 Å². The summed E-state index contributed by atoms with van der Waals surface area (Å²) in [5.41, 5.74) is 3.00. The SMILES string of the molecule is C[C@H](CCc1ccccc1)NC(=O)c1cccc(OCc2ccccc2)c1. The van der Waals surface area contributed by atoms with Crippen LogP contribution >= 0.6 is 0 Å². The van der Waals surface area contributed by atoms with E-state index in [9.17, 15) is 4.79 Å². The summed E-state index contributed by atoms with van der Waals surface area (Å²) in [6, 6.07) is 27.7. The van der Waals surface area contributed by atoms with E-state index in [1.165, 1.54) is 5.56 Å². The molecule has 0 aliphatic rings. The van der Waals surface area contributed by atoms with Crippen LogP contribution in [0.4, 0.5) is 0 Å². The summed E-state index contributed by atoms with van der Waals surface area (Å²) in [4.78, 5) is 12.5. The molecule has 1 amide bonds. The van der Waals surface area contributed by atoms with E-state index in [1.807, 2.05) is 73.7 Å². The van der Waals surface area contributed by atoms with Crippen LogP contribution in [0.3, 0.4) is 0 Å². The van der Waals surface area contributed by atoms with Crippen LogP contribution in [-0.2, 0) is 13.0 Å². The van der Waals surface area contributed by atoms with Crippen LogP contribution < -0.4 is 10.1 Å². The maximum absolute atomic E-state index is 12.5. The number of rotatable bonds is 8. The average Bonchev–Trinajstić information content (AvgIpc) is 2.72. The van der Waals surface area contributed by atoms with Gasteiger partial charge in [0.2, 0.25) is 0 Å². The normalized spacial score (nSPS) is 11.6. The van der Waals surface area contributed by atoms with E-state index >= 15 is 0 Å². The summed E-state index contributed by atoms with van der Waals surface area (Å²) in [7, 11) is 0. The number of hydrogen-bond donors (Lipinski definition) is 1. The third-order valence-electron chi connectivity index (χ3n) is 4.43. The van der Waals surface area contributed by atoms with Crippen LogP contribution in [0, 0.1) is 0 Å². The van der Waals surface area contributed by atoms with Crippen molar-refractivity contribution >= 4 is 5.91 Å². The molecule has 3 rings (SSSR count). The molecule has 0 spiro atoms. The lowest BCUT2D eigenvalue weighted by molar-refractivity contribution is 0.0938. The maximum atomic E-state index is 12.5. The molecule has 3 nitrogen and oxygen atoms in total. The Morgan fingerprint density at radius 1 is 0.889 bits per heavy atom. The highest BCUT2D eigenvalue weighted by Gasteiger charge is 2.11. The molecule has 1 N–H and O–H groups in total. The van der Waals surface area contributed by atoms with Crippen LogP contribution in [-0.4, -0.2) is 11.9 Å². The van der Waals surface area contributed by atoms with Crippen molar-refractivity contribution < 1.29 is 9.53 Å². The molecule has 0 bridgehead atoms. The second kappa shape index (κ2) is 9.58. The Hall–Kier alpha value is -3.07. The van der Waals surface area contributed by atoms with Gasteiger partial charge >= 0.3 is 0 Å². The molecule has 0 fully saturated rings. The second-order valence-electron chi connectivity index (χ2n) is 6.70. The first kappa shape index (κ1) is 18.7. The average molecular weight is 359 g/mol. The fraction of sp³-hybridized carbons (Fsp3) is 0.208. The van der Waals surface area contributed by atoms with Gasteiger partial charge in [-0.3, -0.25) is 4.79 Å². The van der Waals surface area contributed by atoms with E-state index in [2.05, 4.69) is 17.4 Å². The molecule has 138 valence electrons. The highest BCUT2D eigenvalue weighted by molar-refractivity contribution is 5.94. The standard InChI is InChI=1S/C24H25NO2/c1-19(15-16-20-9-4-2-5-10-20)25-24(26)22-13-8-14-23(17-22)27-18-21-11-6-3-7-12-21/h2-14,17,19H,15-16,18H2,1H3,(H,25,26)/t19-/m1/s1. The first-order valence-electron chi connectivity index (χ1n) is 9.32. The Morgan fingerprint density at radius 2 is 1.56 bits per heavy atom. The smallest absolute Gasteiger partial charge is 0.251 e. The number of benzene rings is 3. The third-order valence-corrected chi connectivity index (χ3v) is 4.43. The molecule has 0 radical (unpaired) electrons. The van der Waals surface area contributed by atoms with Gasteiger partial charge < -0.3 is 10.1 Å². The van der Waals surface area contributed by atoms with Gasteiger partial charge in [-0.05, 0) is 49.1 Å². The number of nitrogens with one attached hydrogen (secondary N) is 1. The Bertz CT molecular complexity index is 847. The van der Waals surface area contributed by atoms with Crippen LogP contribution in [0.15, 0.2) is 84.9 Å². The zero-order valence-corrected chi connectivity index (χ0v) is 15.6. The number of carbonyl (C=O) groups is 1. The van der Waals surface area contributed by atoms with E-state index in [0.717, 1.165) is 18.4 Å². The molecule has 3 aromatic carbocycles. The topological polar surface area (TPSA) is 38.3 Å². The summed E-state index contributed by atoms with van der Waals surface area (Å²) in [5.74, 6) is 0.629. The summed E-state index contributed by atoms with van der Waals surface area (Å²) in [5, 5.41) is 3.07. The Morgan fingerprint density at radius 3 is 2.26 bits per heavy atom. The summed E-state index contributed by atoms with van der Waals surface area (Å²) < 4.78 is 5.81. The van der Waals surface area contributed by atoms with Crippen molar-refractivity contribution in [2.45, 2.75) is 32.4 Å². The third kappa shape index (κ3) is 6.00. The van der Waals surface area contributed by atoms with E-state index in [4.69, 9.17) is 4.74 Å². The lowest BCUT2D eigenvalue weighted by Crippen LogP contribution is -2.32. The predicted octanol–water partition coefficient (Wildman–Crippen LogP) is 5.02. The zero-order chi connectivity index (χ0) is 18.9. The number of ether oxygens (including phenoxy) is 1. The van der Waals surface area contributed by atoms with E-state index in [0.29, 0.717) is 17.9 Å². The molecule has 1 atom stereocenters. The molecule has 0 aromatic heterocycles. The van der Waals surface area contributed by atoms with E-state index < -0.39 is 0 Å². The minimum atomic E-state index is -0.0688. The predicted molar refractivity (Wildman–Crippen MR) is 109 cm³/mol. The van der Waals surface area contributed by atoms with Gasteiger partial charge in [0, 0.05) is 11.6 Å². The van der Waals surface area contributed by atoms with Gasteiger partial charge in [-0.25, -0.2) is 0 Å². The van der Waals surface area contributed by atoms with E-state index in [-0.39, 0.29) is 11.9 Å². The van der Waals surface area contributed by atoms with Gasteiger partial charge in [-0.2, -0.15) is 0 Å². The van der Waals surface area contributed by atoms with Gasteiger partial charge in [0.25, 0.3) is 5.91 Å². The van der Waals surface area contributed by atoms with Gasteiger partial charge in [-0.1, -0.05) is 66.7 Å². The van der Waals surface area contributed by atoms with Crippen LogP contribution in [0.2, 0.25) is 0 Å². The maximum Gasteiger partial charge on any atom is 0.251 e. The quantitative estimate of drug-likeness (QED) is 0.613. The van der Waals surface area contributed by atoms with Crippen molar-refractivity contribution in [1.29, 1.82) is 0 Å². The molecule has 3 aromatic rings. The highest BCUT2D eigenvalue weighted by Crippen LogP contribution is 2.16. The molecule has 3 heteroatoms. The number of carbonyl (C=O) groups excluding carboxylic acids is 1. The minimum absolute atomic E-state index is 0.0688. The summed E-state index contributed by atoms with van der Waals surface area (Å²) in [6.07, 6.45) is 1.85. The number of hydrogen-bond acceptors (Lipinski definition) is 2. The fourth-order valence-corrected chi connectivity index (χ4v) is 2.88. The molecule has 0 saturated carbocycles. The number of amides is 1. The Balaban J connectivity index is 1.51. The van der Waals surface area contributed by atoms with Crippen molar-refractivity contribution in [3.8, 4) is 5.75 Å². The largest absolute Gasteiger partial charge is 0.489 e. The van der Waals surface area contributed by atoms with Crippen molar-refractivity contribution in [2.75, 3.05) is 0 Å². The lowest BCUT2D eigenvalue weighted by atomic mass is 10.1. The Kier molecular flexibility index (Phi) is 6.64. The van der Waals surface area contributed by atoms with Crippen LogP contribution in [0.1, 0.15) is 34.8 Å². The van der Waals surface area contributed by atoms with E-state index in [1.54, 1.807) is 6.07 Å². The summed E-state index contributed by atoms with van der Waals surface area (Å²) in [6.45, 7) is 2.52. The van der Waals surface area contributed by atoms with Gasteiger partial charge in [-0.15, -0.1) is 0 Å². The van der Waals surface area contributed by atoms with Crippen LogP contribution in [0.5, 0.6) is 5.75 Å². The van der Waals surface area contributed by atoms with Crippen molar-refractivity contribution in [2.24, 2.45) is 0 Å². The molecular formula is C24H25NO2. The van der Waals surface area contributed by atoms with Gasteiger partial charge in [0.1, 0.15) is 12.4 Å². The molecule has 0 saturated heterocycles. The van der Waals surface area contributed by atoms with Gasteiger partial charge in [0.15, 0.2) is 0 Å². The van der Waals surface area contributed by atoms with Gasteiger partial charge in [0.05, 0.1) is 0 Å². The fourth-order valence-electron chi connectivity index (χ4n) is 2.88. The molecule has 0 heterocycles. The monoisotopic (exact) mass is 359 g/mol. The lowest BCUT2D eigenvalue weighted by Gasteiger charge is -2.14. The van der Waals surface area contributed by atoms with Crippen molar-refractivity contribution in [1.82, 2.24) is 5.32 Å². The minimum Gasteiger partial charge on any atom is -0.489 e. The van der Waals surface area contributed by atoms with Crippen molar-refractivity contribution in [3.63, 3.8) is 0 Å².